The molecule has 2 rings (SSSR count). The lowest BCUT2D eigenvalue weighted by atomic mass is 10.1. The molecule has 0 bridgehead atoms. The van der Waals surface area contributed by atoms with E-state index in [1.54, 1.807) is 18.2 Å². The average molecular weight is 391 g/mol. The van der Waals surface area contributed by atoms with Crippen LogP contribution in [0.25, 0.3) is 0 Å². The van der Waals surface area contributed by atoms with Crippen LogP contribution < -0.4 is 14.4 Å². The monoisotopic (exact) mass is 390 g/mol. The van der Waals surface area contributed by atoms with Crippen LogP contribution >= 0.6 is 0 Å². The Balaban J connectivity index is 1.93. The highest BCUT2D eigenvalue weighted by molar-refractivity contribution is 7.92. The maximum atomic E-state index is 12.2. The van der Waals surface area contributed by atoms with Crippen molar-refractivity contribution in [2.45, 2.75) is 20.8 Å². The van der Waals surface area contributed by atoms with Crippen molar-refractivity contribution in [2.75, 3.05) is 30.3 Å². The summed E-state index contributed by atoms with van der Waals surface area (Å²) in [6, 6.07) is 12.9. The number of anilines is 1. The van der Waals surface area contributed by atoms with E-state index in [4.69, 9.17) is 4.74 Å². The van der Waals surface area contributed by atoms with Gasteiger partial charge in [-0.15, -0.1) is 0 Å². The van der Waals surface area contributed by atoms with E-state index in [2.05, 4.69) is 5.32 Å². The van der Waals surface area contributed by atoms with Gasteiger partial charge < -0.3 is 10.1 Å². The number of carbonyl (C=O) groups is 1. The van der Waals surface area contributed by atoms with Gasteiger partial charge in [0, 0.05) is 6.54 Å². The minimum atomic E-state index is -3.46. The van der Waals surface area contributed by atoms with Gasteiger partial charge in [-0.2, -0.15) is 0 Å². The highest BCUT2D eigenvalue weighted by Gasteiger charge is 2.19. The maximum Gasteiger partial charge on any atom is 0.258 e. The Morgan fingerprint density at radius 1 is 1.07 bits per heavy atom. The summed E-state index contributed by atoms with van der Waals surface area (Å²) >= 11 is 0. The molecule has 146 valence electrons. The number of hydrogen-bond donors (Lipinski definition) is 1. The lowest BCUT2D eigenvalue weighted by Gasteiger charge is -2.25. The van der Waals surface area contributed by atoms with Crippen LogP contribution in [0.15, 0.2) is 42.5 Å². The van der Waals surface area contributed by atoms with Crippen LogP contribution in [0.1, 0.15) is 16.7 Å². The number of nitrogens with one attached hydrogen (secondary N) is 1. The Hall–Kier alpha value is -2.54. The number of nitrogens with zero attached hydrogens (tertiary/aromatic N) is 1. The minimum Gasteiger partial charge on any atom is -0.484 e. The second kappa shape index (κ2) is 8.90. The first kappa shape index (κ1) is 20.8. The molecule has 0 aliphatic heterocycles. The smallest absolute Gasteiger partial charge is 0.258 e. The minimum absolute atomic E-state index is 0.120. The first-order valence-electron chi connectivity index (χ1n) is 8.68. The van der Waals surface area contributed by atoms with Crippen molar-refractivity contribution in [3.8, 4) is 5.75 Å². The van der Waals surface area contributed by atoms with Crippen molar-refractivity contribution in [1.29, 1.82) is 0 Å². The largest absolute Gasteiger partial charge is 0.484 e. The van der Waals surface area contributed by atoms with Crippen molar-refractivity contribution in [1.82, 2.24) is 5.32 Å². The van der Waals surface area contributed by atoms with E-state index in [0.29, 0.717) is 11.4 Å². The number of amides is 1. The summed E-state index contributed by atoms with van der Waals surface area (Å²) in [6.45, 7) is 6.02. The Morgan fingerprint density at radius 3 is 2.37 bits per heavy atom. The molecule has 0 radical (unpaired) electrons. The fraction of sp³-hybridized carbons (Fsp3) is 0.350. The topological polar surface area (TPSA) is 75.7 Å². The summed E-state index contributed by atoms with van der Waals surface area (Å²) in [5, 5.41) is 2.70. The van der Waals surface area contributed by atoms with Gasteiger partial charge in [-0.1, -0.05) is 29.8 Å². The third kappa shape index (κ3) is 5.99. The number of sulfonamides is 1. The van der Waals surface area contributed by atoms with E-state index in [-0.39, 0.29) is 25.6 Å². The summed E-state index contributed by atoms with van der Waals surface area (Å²) in [4.78, 5) is 12.0. The van der Waals surface area contributed by atoms with Gasteiger partial charge in [0.15, 0.2) is 6.61 Å². The summed E-state index contributed by atoms with van der Waals surface area (Å²) in [6.07, 6.45) is 1.16. The van der Waals surface area contributed by atoms with E-state index in [1.807, 2.05) is 45.0 Å². The Kier molecular flexibility index (Phi) is 6.85. The third-order valence-electron chi connectivity index (χ3n) is 4.27. The van der Waals surface area contributed by atoms with Crippen LogP contribution in [0.3, 0.4) is 0 Å². The van der Waals surface area contributed by atoms with Crippen LogP contribution in [0.4, 0.5) is 5.69 Å². The Morgan fingerprint density at radius 2 is 1.74 bits per heavy atom. The Bertz CT molecular complexity index is 893. The predicted molar refractivity (Wildman–Crippen MR) is 108 cm³/mol. The standard InChI is InChI=1S/C20H26N2O4S/c1-15-8-10-18(11-9-15)26-14-20(23)21-12-13-22(27(4,24)25)19-7-5-6-16(2)17(19)3/h5-11H,12-14H2,1-4H3,(H,21,23). The van der Waals surface area contributed by atoms with Crippen LogP contribution in [-0.4, -0.2) is 40.3 Å². The number of carbonyl (C=O) groups excluding carboxylic acids is 1. The third-order valence-corrected chi connectivity index (χ3v) is 5.45. The van der Waals surface area contributed by atoms with Gasteiger partial charge in [-0.3, -0.25) is 9.10 Å². The molecule has 0 aliphatic carbocycles. The average Bonchev–Trinajstić information content (AvgIpc) is 2.60. The van der Waals surface area contributed by atoms with Crippen LogP contribution in [0, 0.1) is 20.8 Å². The van der Waals surface area contributed by atoms with Gasteiger partial charge in [0.1, 0.15) is 5.75 Å². The van der Waals surface area contributed by atoms with Gasteiger partial charge in [0.25, 0.3) is 5.91 Å². The fourth-order valence-corrected chi connectivity index (χ4v) is 3.58. The molecule has 6 nitrogen and oxygen atoms in total. The first-order chi connectivity index (χ1) is 12.7. The van der Waals surface area contributed by atoms with E-state index in [0.717, 1.165) is 22.9 Å². The predicted octanol–water partition coefficient (Wildman–Crippen LogP) is 2.57. The molecular formula is C20H26N2O4S. The summed E-state index contributed by atoms with van der Waals surface area (Å²) in [7, 11) is -3.46. The highest BCUT2D eigenvalue weighted by atomic mass is 32.2. The maximum absolute atomic E-state index is 12.2. The molecule has 2 aromatic carbocycles. The highest BCUT2D eigenvalue weighted by Crippen LogP contribution is 2.24. The summed E-state index contributed by atoms with van der Waals surface area (Å²) in [5.74, 6) is 0.314. The van der Waals surface area contributed by atoms with Crippen LogP contribution in [0.2, 0.25) is 0 Å². The molecule has 2 aromatic rings. The van der Waals surface area contributed by atoms with Crippen molar-refractivity contribution in [3.63, 3.8) is 0 Å². The second-order valence-corrected chi connectivity index (χ2v) is 8.41. The molecule has 0 atom stereocenters. The zero-order valence-corrected chi connectivity index (χ0v) is 17.0. The molecular weight excluding hydrogens is 364 g/mol. The SMILES string of the molecule is Cc1ccc(OCC(=O)NCCN(c2cccc(C)c2C)S(C)(=O)=O)cc1. The van der Waals surface area contributed by atoms with Gasteiger partial charge >= 0.3 is 0 Å². The normalized spacial score (nSPS) is 11.1. The van der Waals surface area contributed by atoms with Gasteiger partial charge in [-0.25, -0.2) is 8.42 Å². The number of aryl methyl sites for hydroxylation is 2. The van der Waals surface area contributed by atoms with E-state index < -0.39 is 10.0 Å². The lowest BCUT2D eigenvalue weighted by Crippen LogP contribution is -2.39. The van der Waals surface area contributed by atoms with Crippen LogP contribution in [0.5, 0.6) is 5.75 Å². The van der Waals surface area contributed by atoms with Gasteiger partial charge in [0.2, 0.25) is 10.0 Å². The lowest BCUT2D eigenvalue weighted by molar-refractivity contribution is -0.123. The molecule has 0 saturated carbocycles. The van der Waals surface area contributed by atoms with Gasteiger partial charge in [-0.05, 0) is 50.1 Å². The van der Waals surface area contributed by atoms with Crippen molar-refractivity contribution in [2.24, 2.45) is 0 Å². The van der Waals surface area contributed by atoms with E-state index in [9.17, 15) is 13.2 Å². The molecule has 0 aliphatic rings. The fourth-order valence-electron chi connectivity index (χ4n) is 2.60. The zero-order chi connectivity index (χ0) is 20.0. The second-order valence-electron chi connectivity index (χ2n) is 6.51. The van der Waals surface area contributed by atoms with Crippen molar-refractivity contribution >= 4 is 21.6 Å². The molecule has 1 amide bonds. The molecule has 0 spiro atoms. The van der Waals surface area contributed by atoms with Gasteiger partial charge in [0.05, 0.1) is 18.5 Å². The zero-order valence-electron chi connectivity index (χ0n) is 16.2. The molecule has 0 aromatic heterocycles. The molecule has 27 heavy (non-hydrogen) atoms. The molecule has 0 heterocycles. The first-order valence-corrected chi connectivity index (χ1v) is 10.5. The summed E-state index contributed by atoms with van der Waals surface area (Å²) < 4.78 is 31.1. The van der Waals surface area contributed by atoms with Crippen LogP contribution in [-0.2, 0) is 14.8 Å². The summed E-state index contributed by atoms with van der Waals surface area (Å²) in [5.41, 5.74) is 3.65. The van der Waals surface area contributed by atoms with E-state index >= 15 is 0 Å². The van der Waals surface area contributed by atoms with E-state index in [1.165, 1.54) is 4.31 Å². The Labute approximate surface area is 161 Å². The number of benzene rings is 2. The molecule has 0 unspecified atom stereocenters. The number of ether oxygens (including phenoxy) is 1. The molecule has 1 N–H and O–H groups in total. The molecule has 0 fully saturated rings. The molecule has 7 heteroatoms. The van der Waals surface area contributed by atoms with Crippen molar-refractivity contribution in [3.05, 3.63) is 59.2 Å². The number of hydrogen-bond acceptors (Lipinski definition) is 4. The van der Waals surface area contributed by atoms with Crippen molar-refractivity contribution < 1.29 is 17.9 Å². The molecule has 0 saturated heterocycles. The number of rotatable bonds is 8. The quantitative estimate of drug-likeness (QED) is 0.752.